The van der Waals surface area contributed by atoms with Crippen LogP contribution in [0.4, 0.5) is 0 Å². The molecule has 0 aliphatic rings. The largest absolute Gasteiger partial charge is 0.472 e. The van der Waals surface area contributed by atoms with Gasteiger partial charge in [0.25, 0.3) is 0 Å². The standard InChI is InChI=1S/C25H30Cl2N2O6/c1-25(2,3)35-22(30)11-10-21(28)34-23-18(26)12-17(13-19(23)27)14-20(24(31)32-4)29-33-15-16-8-6-5-7-9-16/h5-9,12-13,21H,10-11,14-15,28H2,1-4H3. The highest BCUT2D eigenvalue weighted by Crippen LogP contribution is 2.35. The lowest BCUT2D eigenvalue weighted by atomic mass is 10.1. The van der Waals surface area contributed by atoms with Crippen molar-refractivity contribution in [1.29, 1.82) is 0 Å². The minimum Gasteiger partial charge on any atom is -0.472 e. The van der Waals surface area contributed by atoms with Crippen molar-refractivity contribution in [2.75, 3.05) is 7.11 Å². The van der Waals surface area contributed by atoms with Gasteiger partial charge in [-0.3, -0.25) is 10.5 Å². The minimum atomic E-state index is -0.832. The van der Waals surface area contributed by atoms with Gasteiger partial charge in [0, 0.05) is 12.8 Å². The maximum atomic E-state index is 12.2. The van der Waals surface area contributed by atoms with Gasteiger partial charge in [0.1, 0.15) is 18.4 Å². The van der Waals surface area contributed by atoms with Gasteiger partial charge in [-0.2, -0.15) is 0 Å². The molecular formula is C25H30Cl2N2O6. The van der Waals surface area contributed by atoms with Crippen molar-refractivity contribution in [3.8, 4) is 5.75 Å². The summed E-state index contributed by atoms with van der Waals surface area (Å²) in [6, 6.07) is 12.6. The lowest BCUT2D eigenvalue weighted by Gasteiger charge is -2.21. The number of carbonyl (C=O) groups excluding carboxylic acids is 2. The molecule has 0 spiro atoms. The van der Waals surface area contributed by atoms with E-state index < -0.39 is 17.8 Å². The fraction of sp³-hybridized carbons (Fsp3) is 0.400. The molecule has 2 N–H and O–H groups in total. The van der Waals surface area contributed by atoms with Crippen molar-refractivity contribution >= 4 is 40.9 Å². The topological polar surface area (TPSA) is 109 Å². The monoisotopic (exact) mass is 524 g/mol. The summed E-state index contributed by atoms with van der Waals surface area (Å²) in [5.41, 5.74) is 6.94. The smallest absolute Gasteiger partial charge is 0.356 e. The summed E-state index contributed by atoms with van der Waals surface area (Å²) in [4.78, 5) is 29.4. The molecule has 10 heteroatoms. The normalized spacial score (nSPS) is 12.6. The molecule has 0 fully saturated rings. The molecule has 0 saturated heterocycles. The quantitative estimate of drug-likeness (QED) is 0.189. The van der Waals surface area contributed by atoms with E-state index in [4.69, 9.17) is 48.0 Å². The Bertz CT molecular complexity index is 1010. The molecule has 1 unspecified atom stereocenters. The Kier molecular flexibility index (Phi) is 10.8. The number of hydrogen-bond acceptors (Lipinski definition) is 8. The first-order valence-corrected chi connectivity index (χ1v) is 11.7. The Balaban J connectivity index is 2.04. The van der Waals surface area contributed by atoms with E-state index in [1.807, 2.05) is 30.3 Å². The van der Waals surface area contributed by atoms with Crippen molar-refractivity contribution in [3.63, 3.8) is 0 Å². The number of benzene rings is 2. The fourth-order valence-corrected chi connectivity index (χ4v) is 3.52. The third-order valence-electron chi connectivity index (χ3n) is 4.42. The SMILES string of the molecule is COC(=O)C(Cc1cc(Cl)c(OC(N)CCC(=O)OC(C)(C)C)c(Cl)c1)=NOCc1ccccc1. The highest BCUT2D eigenvalue weighted by molar-refractivity contribution is 6.38. The Hall–Kier alpha value is -2.81. The summed E-state index contributed by atoms with van der Waals surface area (Å²) in [6.07, 6.45) is -0.484. The van der Waals surface area contributed by atoms with E-state index in [-0.39, 0.29) is 53.3 Å². The Morgan fingerprint density at radius 2 is 1.69 bits per heavy atom. The van der Waals surface area contributed by atoms with Gasteiger partial charge < -0.3 is 19.0 Å². The zero-order valence-corrected chi connectivity index (χ0v) is 21.7. The van der Waals surface area contributed by atoms with E-state index >= 15 is 0 Å². The molecule has 1 atom stereocenters. The average Bonchev–Trinajstić information content (AvgIpc) is 2.78. The molecule has 35 heavy (non-hydrogen) atoms. The number of nitrogens with zero attached hydrogens (tertiary/aromatic N) is 1. The van der Waals surface area contributed by atoms with Crippen LogP contribution in [0.3, 0.4) is 0 Å². The van der Waals surface area contributed by atoms with Crippen molar-refractivity contribution in [3.05, 3.63) is 63.6 Å². The second-order valence-corrected chi connectivity index (χ2v) is 9.45. The predicted octanol–water partition coefficient (Wildman–Crippen LogP) is 5.07. The van der Waals surface area contributed by atoms with Gasteiger partial charge in [-0.25, -0.2) is 4.79 Å². The molecule has 0 bridgehead atoms. The summed E-state index contributed by atoms with van der Waals surface area (Å²) in [5.74, 6) is -0.853. The van der Waals surface area contributed by atoms with Crippen molar-refractivity contribution < 1.29 is 28.6 Å². The molecule has 0 radical (unpaired) electrons. The first-order valence-electron chi connectivity index (χ1n) is 10.9. The number of methoxy groups -OCH3 is 1. The summed E-state index contributed by atoms with van der Waals surface area (Å²) in [7, 11) is 1.25. The molecule has 8 nitrogen and oxygen atoms in total. The maximum Gasteiger partial charge on any atom is 0.356 e. The Labute approximate surface area is 215 Å². The van der Waals surface area contributed by atoms with E-state index in [1.165, 1.54) is 7.11 Å². The molecule has 0 aliphatic heterocycles. The van der Waals surface area contributed by atoms with E-state index in [0.717, 1.165) is 5.56 Å². The number of hydrogen-bond donors (Lipinski definition) is 1. The zero-order valence-electron chi connectivity index (χ0n) is 20.2. The highest BCUT2D eigenvalue weighted by Gasteiger charge is 2.20. The van der Waals surface area contributed by atoms with Crippen LogP contribution >= 0.6 is 23.2 Å². The number of nitrogens with two attached hydrogens (primary N) is 1. The van der Waals surface area contributed by atoms with Gasteiger partial charge in [-0.05, 0) is 44.0 Å². The second-order valence-electron chi connectivity index (χ2n) is 8.64. The van der Waals surface area contributed by atoms with Crippen LogP contribution in [0.15, 0.2) is 47.6 Å². The molecule has 0 aromatic heterocycles. The van der Waals surface area contributed by atoms with Crippen LogP contribution in [0.5, 0.6) is 5.75 Å². The van der Waals surface area contributed by atoms with Gasteiger partial charge in [0.2, 0.25) is 0 Å². The third-order valence-corrected chi connectivity index (χ3v) is 4.98. The summed E-state index contributed by atoms with van der Waals surface area (Å²) < 4.78 is 15.7. The molecule has 0 heterocycles. The van der Waals surface area contributed by atoms with Crippen LogP contribution in [0.1, 0.15) is 44.7 Å². The van der Waals surface area contributed by atoms with Gasteiger partial charge >= 0.3 is 11.9 Å². The van der Waals surface area contributed by atoms with Gasteiger partial charge in [-0.1, -0.05) is 58.7 Å². The molecule has 2 rings (SSSR count). The Morgan fingerprint density at radius 3 is 2.26 bits per heavy atom. The molecule has 2 aromatic rings. The lowest BCUT2D eigenvalue weighted by molar-refractivity contribution is -0.155. The lowest BCUT2D eigenvalue weighted by Crippen LogP contribution is -2.30. The summed E-state index contributed by atoms with van der Waals surface area (Å²) >= 11 is 12.7. The van der Waals surface area contributed by atoms with Gasteiger partial charge in [0.15, 0.2) is 11.5 Å². The van der Waals surface area contributed by atoms with Crippen LogP contribution in [-0.2, 0) is 36.9 Å². The number of halogens is 2. The van der Waals surface area contributed by atoms with Crippen LogP contribution in [-0.4, -0.2) is 36.6 Å². The van der Waals surface area contributed by atoms with Crippen molar-refractivity contribution in [2.45, 2.75) is 58.5 Å². The highest BCUT2D eigenvalue weighted by atomic mass is 35.5. The van der Waals surface area contributed by atoms with E-state index in [9.17, 15) is 9.59 Å². The average molecular weight is 525 g/mol. The maximum absolute atomic E-state index is 12.2. The summed E-state index contributed by atoms with van der Waals surface area (Å²) in [5, 5.41) is 4.32. The molecule has 190 valence electrons. The predicted molar refractivity (Wildman–Crippen MR) is 135 cm³/mol. The first kappa shape index (κ1) is 28.4. The number of oxime groups is 1. The zero-order chi connectivity index (χ0) is 26.0. The molecule has 0 amide bonds. The summed E-state index contributed by atoms with van der Waals surface area (Å²) in [6.45, 7) is 5.55. The van der Waals surface area contributed by atoms with Crippen LogP contribution in [0, 0.1) is 0 Å². The number of carbonyl (C=O) groups is 2. The van der Waals surface area contributed by atoms with E-state index in [2.05, 4.69) is 5.16 Å². The molecule has 0 saturated carbocycles. The van der Waals surface area contributed by atoms with E-state index in [0.29, 0.717) is 5.56 Å². The Morgan fingerprint density at radius 1 is 1.06 bits per heavy atom. The van der Waals surface area contributed by atoms with Crippen molar-refractivity contribution in [1.82, 2.24) is 0 Å². The first-order chi connectivity index (χ1) is 16.5. The van der Waals surface area contributed by atoms with Crippen LogP contribution in [0.25, 0.3) is 0 Å². The van der Waals surface area contributed by atoms with Crippen LogP contribution < -0.4 is 10.5 Å². The van der Waals surface area contributed by atoms with Crippen LogP contribution in [0.2, 0.25) is 10.0 Å². The van der Waals surface area contributed by atoms with E-state index in [1.54, 1.807) is 32.9 Å². The number of rotatable bonds is 11. The van der Waals surface area contributed by atoms with Gasteiger partial charge in [-0.15, -0.1) is 0 Å². The van der Waals surface area contributed by atoms with Crippen molar-refractivity contribution in [2.24, 2.45) is 10.9 Å². The number of esters is 2. The number of ether oxygens (including phenoxy) is 3. The molecular weight excluding hydrogens is 495 g/mol. The second kappa shape index (κ2) is 13.3. The molecule has 0 aliphatic carbocycles. The molecule has 2 aromatic carbocycles. The minimum absolute atomic E-state index is 0.0401. The fourth-order valence-electron chi connectivity index (χ4n) is 2.90. The third kappa shape index (κ3) is 10.1. The van der Waals surface area contributed by atoms with Gasteiger partial charge in [0.05, 0.1) is 23.6 Å².